The molecule has 2 rings (SSSR count). The number of hydrogen-bond donors (Lipinski definition) is 2. The molecule has 0 aromatic carbocycles. The summed E-state index contributed by atoms with van der Waals surface area (Å²) in [7, 11) is 1.91. The van der Waals surface area contributed by atoms with E-state index in [-0.39, 0.29) is 6.04 Å². The zero-order chi connectivity index (χ0) is 11.5. The van der Waals surface area contributed by atoms with Gasteiger partial charge in [-0.2, -0.15) is 0 Å². The van der Waals surface area contributed by atoms with Gasteiger partial charge in [-0.1, -0.05) is 0 Å². The predicted molar refractivity (Wildman–Crippen MR) is 61.7 cm³/mol. The van der Waals surface area contributed by atoms with E-state index in [4.69, 9.17) is 5.73 Å². The van der Waals surface area contributed by atoms with Gasteiger partial charge in [-0.15, -0.1) is 10.2 Å². The average Bonchev–Trinajstić information content (AvgIpc) is 2.68. The van der Waals surface area contributed by atoms with Crippen LogP contribution in [0.2, 0.25) is 0 Å². The van der Waals surface area contributed by atoms with Gasteiger partial charge < -0.3 is 15.6 Å². The summed E-state index contributed by atoms with van der Waals surface area (Å²) in [6, 6.07) is 1.87. The second-order valence-corrected chi connectivity index (χ2v) is 3.63. The standard InChI is InChI=1S/C10H14N6/c1-7(10-15-13-6-16(10)2)14-9-3-4-12-5-8(9)11/h3-7H,11H2,1-2H3,(H,12,14). The highest BCUT2D eigenvalue weighted by atomic mass is 15.3. The zero-order valence-electron chi connectivity index (χ0n) is 9.25. The van der Waals surface area contributed by atoms with Crippen LogP contribution in [0.25, 0.3) is 0 Å². The second-order valence-electron chi connectivity index (χ2n) is 3.63. The average molecular weight is 218 g/mol. The number of nitrogens with zero attached hydrogens (tertiary/aromatic N) is 4. The number of hydrogen-bond acceptors (Lipinski definition) is 5. The van der Waals surface area contributed by atoms with E-state index in [0.717, 1.165) is 11.5 Å². The van der Waals surface area contributed by atoms with Crippen LogP contribution >= 0.6 is 0 Å². The lowest BCUT2D eigenvalue weighted by atomic mass is 10.2. The summed E-state index contributed by atoms with van der Waals surface area (Å²) in [5, 5.41) is 11.1. The van der Waals surface area contributed by atoms with E-state index in [9.17, 15) is 0 Å². The molecule has 1 unspecified atom stereocenters. The molecule has 0 aliphatic rings. The molecular formula is C10H14N6. The SMILES string of the molecule is CC(Nc1ccncc1N)c1nncn1C. The highest BCUT2D eigenvalue weighted by Crippen LogP contribution is 2.21. The van der Waals surface area contributed by atoms with Crippen LogP contribution in [0.1, 0.15) is 18.8 Å². The molecule has 2 aromatic heterocycles. The first-order chi connectivity index (χ1) is 7.68. The van der Waals surface area contributed by atoms with Gasteiger partial charge in [-0.05, 0) is 13.0 Å². The Hall–Kier alpha value is -2.11. The van der Waals surface area contributed by atoms with Gasteiger partial charge in [0.2, 0.25) is 0 Å². The summed E-state index contributed by atoms with van der Waals surface area (Å²) in [4.78, 5) is 3.93. The monoisotopic (exact) mass is 218 g/mol. The van der Waals surface area contributed by atoms with Gasteiger partial charge in [0.15, 0.2) is 5.82 Å². The maximum atomic E-state index is 5.79. The molecule has 0 saturated carbocycles. The van der Waals surface area contributed by atoms with Gasteiger partial charge in [0.05, 0.1) is 23.6 Å². The highest BCUT2D eigenvalue weighted by molar-refractivity contribution is 5.64. The van der Waals surface area contributed by atoms with E-state index in [1.165, 1.54) is 0 Å². The molecular weight excluding hydrogens is 204 g/mol. The van der Waals surface area contributed by atoms with Crippen molar-refractivity contribution in [2.24, 2.45) is 7.05 Å². The smallest absolute Gasteiger partial charge is 0.154 e. The number of nitrogen functional groups attached to an aromatic ring is 1. The van der Waals surface area contributed by atoms with Crippen LogP contribution in [0.4, 0.5) is 11.4 Å². The number of rotatable bonds is 3. The van der Waals surface area contributed by atoms with Crippen molar-refractivity contribution in [3.63, 3.8) is 0 Å². The van der Waals surface area contributed by atoms with E-state index in [2.05, 4.69) is 20.5 Å². The minimum Gasteiger partial charge on any atom is -0.396 e. The molecule has 0 aliphatic carbocycles. The summed E-state index contributed by atoms with van der Waals surface area (Å²) in [6.07, 6.45) is 4.98. The number of aromatic nitrogens is 4. The van der Waals surface area contributed by atoms with Crippen molar-refractivity contribution in [3.05, 3.63) is 30.6 Å². The number of pyridine rings is 1. The largest absolute Gasteiger partial charge is 0.396 e. The molecule has 6 heteroatoms. The quantitative estimate of drug-likeness (QED) is 0.802. The Balaban J connectivity index is 2.17. The number of anilines is 2. The third kappa shape index (κ3) is 1.95. The third-order valence-corrected chi connectivity index (χ3v) is 2.36. The van der Waals surface area contributed by atoms with Gasteiger partial charge in [0.1, 0.15) is 6.33 Å². The maximum Gasteiger partial charge on any atom is 0.154 e. The van der Waals surface area contributed by atoms with Crippen LogP contribution in [0, 0.1) is 0 Å². The lowest BCUT2D eigenvalue weighted by Crippen LogP contribution is -2.13. The van der Waals surface area contributed by atoms with Crippen LogP contribution in [0.15, 0.2) is 24.8 Å². The Bertz CT molecular complexity index is 478. The third-order valence-electron chi connectivity index (χ3n) is 2.36. The molecule has 0 bridgehead atoms. The fraction of sp³-hybridized carbons (Fsp3) is 0.300. The Morgan fingerprint density at radius 3 is 2.94 bits per heavy atom. The molecule has 1 atom stereocenters. The van der Waals surface area contributed by atoms with Gasteiger partial charge in [0.25, 0.3) is 0 Å². The van der Waals surface area contributed by atoms with Crippen LogP contribution in [0.5, 0.6) is 0 Å². The van der Waals surface area contributed by atoms with Crippen LogP contribution in [-0.2, 0) is 7.05 Å². The Kier molecular flexibility index (Phi) is 2.72. The molecule has 3 N–H and O–H groups in total. The molecule has 0 spiro atoms. The van der Waals surface area contributed by atoms with Gasteiger partial charge in [0, 0.05) is 13.2 Å². The molecule has 6 nitrogen and oxygen atoms in total. The number of nitrogens with two attached hydrogens (primary N) is 1. The lowest BCUT2D eigenvalue weighted by Gasteiger charge is -2.15. The molecule has 2 heterocycles. The molecule has 0 amide bonds. The molecule has 2 aromatic rings. The van der Waals surface area contributed by atoms with Crippen LogP contribution < -0.4 is 11.1 Å². The van der Waals surface area contributed by atoms with Crippen molar-refractivity contribution < 1.29 is 0 Å². The number of aryl methyl sites for hydroxylation is 1. The van der Waals surface area contributed by atoms with Crippen molar-refractivity contribution in [3.8, 4) is 0 Å². The maximum absolute atomic E-state index is 5.79. The highest BCUT2D eigenvalue weighted by Gasteiger charge is 2.11. The summed E-state index contributed by atoms with van der Waals surface area (Å²) < 4.78 is 1.87. The van der Waals surface area contributed by atoms with Crippen molar-refractivity contribution in [2.45, 2.75) is 13.0 Å². The Labute approximate surface area is 93.5 Å². The first-order valence-electron chi connectivity index (χ1n) is 4.98. The van der Waals surface area contributed by atoms with Gasteiger partial charge in [-0.3, -0.25) is 4.98 Å². The van der Waals surface area contributed by atoms with E-state index in [1.54, 1.807) is 18.7 Å². The fourth-order valence-corrected chi connectivity index (χ4v) is 1.52. The van der Waals surface area contributed by atoms with E-state index < -0.39 is 0 Å². The summed E-state index contributed by atoms with van der Waals surface area (Å²) in [6.45, 7) is 2.00. The molecule has 0 aliphatic heterocycles. The van der Waals surface area contributed by atoms with Crippen molar-refractivity contribution >= 4 is 11.4 Å². The second kappa shape index (κ2) is 4.18. The number of nitrogens with one attached hydrogen (secondary N) is 1. The summed E-state index contributed by atoms with van der Waals surface area (Å²) >= 11 is 0. The Morgan fingerprint density at radius 2 is 2.31 bits per heavy atom. The van der Waals surface area contributed by atoms with Crippen molar-refractivity contribution in [1.82, 2.24) is 19.7 Å². The van der Waals surface area contributed by atoms with Crippen LogP contribution in [0.3, 0.4) is 0 Å². The summed E-state index contributed by atoms with van der Waals surface area (Å²) in [5.74, 6) is 0.858. The fourth-order valence-electron chi connectivity index (χ4n) is 1.52. The normalized spacial score (nSPS) is 12.4. The minimum atomic E-state index is 0.0391. The molecule has 0 radical (unpaired) electrons. The lowest BCUT2D eigenvalue weighted by molar-refractivity contribution is 0.719. The van der Waals surface area contributed by atoms with Crippen molar-refractivity contribution in [1.29, 1.82) is 0 Å². The van der Waals surface area contributed by atoms with Gasteiger partial charge in [-0.25, -0.2) is 0 Å². The first-order valence-corrected chi connectivity index (χ1v) is 4.98. The first kappa shape index (κ1) is 10.4. The molecule has 16 heavy (non-hydrogen) atoms. The van der Waals surface area contributed by atoms with E-state index in [0.29, 0.717) is 5.69 Å². The topological polar surface area (TPSA) is 81.7 Å². The minimum absolute atomic E-state index is 0.0391. The summed E-state index contributed by atoms with van der Waals surface area (Å²) in [5.41, 5.74) is 7.27. The van der Waals surface area contributed by atoms with E-state index >= 15 is 0 Å². The predicted octanol–water partition coefficient (Wildman–Crippen LogP) is 0.965. The Morgan fingerprint density at radius 1 is 1.50 bits per heavy atom. The van der Waals surface area contributed by atoms with E-state index in [1.807, 2.05) is 24.6 Å². The molecule has 0 saturated heterocycles. The van der Waals surface area contributed by atoms with Crippen molar-refractivity contribution in [2.75, 3.05) is 11.1 Å². The van der Waals surface area contributed by atoms with Crippen LogP contribution in [-0.4, -0.2) is 19.7 Å². The molecule has 84 valence electrons. The molecule has 0 fully saturated rings. The zero-order valence-corrected chi connectivity index (χ0v) is 9.25. The van der Waals surface area contributed by atoms with Gasteiger partial charge >= 0.3 is 0 Å².